The summed E-state index contributed by atoms with van der Waals surface area (Å²) in [7, 11) is -4.32. The highest BCUT2D eigenvalue weighted by molar-refractivity contribution is 7.53. The van der Waals surface area contributed by atoms with E-state index in [1.807, 2.05) is 13.8 Å². The fourth-order valence-corrected chi connectivity index (χ4v) is 6.62. The van der Waals surface area contributed by atoms with E-state index in [2.05, 4.69) is 51.8 Å². The first kappa shape index (κ1) is 30.8. The van der Waals surface area contributed by atoms with Gasteiger partial charge in [-0.15, -0.1) is 0 Å². The smallest absolute Gasteiger partial charge is 0.342 e. The van der Waals surface area contributed by atoms with Crippen LogP contribution in [0.1, 0.15) is 60.3 Å². The van der Waals surface area contributed by atoms with Gasteiger partial charge in [0.05, 0.1) is 26.0 Å². The summed E-state index contributed by atoms with van der Waals surface area (Å²) in [6, 6.07) is 1.03. The van der Waals surface area contributed by atoms with Crippen molar-refractivity contribution in [3.05, 3.63) is 39.5 Å². The molecule has 2 rings (SSSR count). The monoisotopic (exact) mass is 539 g/mol. The molecule has 1 heterocycles. The van der Waals surface area contributed by atoms with Gasteiger partial charge < -0.3 is 23.8 Å². The van der Waals surface area contributed by atoms with Crippen molar-refractivity contribution in [2.45, 2.75) is 79.8 Å². The molecule has 0 radical (unpaired) electrons. The van der Waals surface area contributed by atoms with Gasteiger partial charge in [0.15, 0.2) is 0 Å². The van der Waals surface area contributed by atoms with Crippen LogP contribution in [0.2, 0.25) is 25.7 Å². The summed E-state index contributed by atoms with van der Waals surface area (Å²) in [5.74, 6) is 0.426. The molecule has 0 saturated carbocycles. The van der Waals surface area contributed by atoms with Crippen molar-refractivity contribution in [1.82, 2.24) is 5.32 Å². The van der Waals surface area contributed by atoms with Gasteiger partial charge in [0.1, 0.15) is 17.9 Å². The average Bonchev–Trinajstić information content (AvgIpc) is 3.18. The maximum absolute atomic E-state index is 12.7. The van der Waals surface area contributed by atoms with Crippen LogP contribution < -0.4 is 10.1 Å². The second-order valence-corrected chi connectivity index (χ2v) is 18.3. The van der Waals surface area contributed by atoms with E-state index in [0.29, 0.717) is 63.4 Å². The molecule has 0 saturated heterocycles. The van der Waals surface area contributed by atoms with Crippen molar-refractivity contribution in [3.63, 3.8) is 0 Å². The lowest BCUT2D eigenvalue weighted by Crippen LogP contribution is -2.23. The minimum Gasteiger partial charge on any atom is -0.493 e. The summed E-state index contributed by atoms with van der Waals surface area (Å²) in [5.41, 5.74) is 6.20. The van der Waals surface area contributed by atoms with Gasteiger partial charge in [-0.25, -0.2) is 4.79 Å². The molecule has 36 heavy (non-hydrogen) atoms. The summed E-state index contributed by atoms with van der Waals surface area (Å²) in [6.45, 7) is 19.8. The molecule has 0 aromatic heterocycles. The lowest BCUT2D eigenvalue weighted by Gasteiger charge is -2.22. The van der Waals surface area contributed by atoms with E-state index in [1.165, 1.54) is 5.56 Å². The normalized spacial score (nSPS) is 14.2. The minimum absolute atomic E-state index is 0.282. The number of carbonyl (C=O) groups is 1. The second kappa shape index (κ2) is 13.9. The fourth-order valence-electron chi connectivity index (χ4n) is 4.35. The molecular formula is C27H46NO6PSi. The van der Waals surface area contributed by atoms with E-state index in [-0.39, 0.29) is 5.97 Å². The Morgan fingerprint density at radius 3 is 2.39 bits per heavy atom. The van der Waals surface area contributed by atoms with Gasteiger partial charge in [0, 0.05) is 32.3 Å². The summed E-state index contributed by atoms with van der Waals surface area (Å²) >= 11 is 0. The number of rotatable bonds is 16. The van der Waals surface area contributed by atoms with E-state index in [4.69, 9.17) is 18.5 Å². The molecular weight excluding hydrogens is 493 g/mol. The van der Waals surface area contributed by atoms with E-state index in [1.54, 1.807) is 0 Å². The zero-order valence-corrected chi connectivity index (χ0v) is 25.4. The van der Waals surface area contributed by atoms with E-state index in [0.717, 1.165) is 34.7 Å². The van der Waals surface area contributed by atoms with Crippen LogP contribution in [0.4, 0.5) is 0 Å². The zero-order chi connectivity index (χ0) is 26.9. The number of esters is 1. The first-order valence-electron chi connectivity index (χ1n) is 13.2. The number of nitrogens with one attached hydrogen (secondary N) is 1. The molecule has 1 aliphatic heterocycles. The average molecular weight is 540 g/mol. The third-order valence-electron chi connectivity index (χ3n) is 6.35. The van der Waals surface area contributed by atoms with Gasteiger partial charge in [-0.3, -0.25) is 4.57 Å². The van der Waals surface area contributed by atoms with Crippen LogP contribution >= 0.6 is 7.60 Å². The Morgan fingerprint density at radius 2 is 1.81 bits per heavy atom. The summed E-state index contributed by atoms with van der Waals surface area (Å²) in [4.78, 5) is 12.7. The molecule has 1 aromatic carbocycles. The summed E-state index contributed by atoms with van der Waals surface area (Å²) < 4.78 is 35.1. The maximum atomic E-state index is 12.7. The van der Waals surface area contributed by atoms with Crippen LogP contribution in [0, 0.1) is 6.92 Å². The number of hydrogen-bond donors (Lipinski definition) is 1. The van der Waals surface area contributed by atoms with Gasteiger partial charge in [0.25, 0.3) is 0 Å². The van der Waals surface area contributed by atoms with Gasteiger partial charge in [-0.2, -0.15) is 0 Å². The van der Waals surface area contributed by atoms with Crippen molar-refractivity contribution in [2.24, 2.45) is 0 Å². The van der Waals surface area contributed by atoms with Gasteiger partial charge in [-0.05, 0) is 57.7 Å². The Balaban J connectivity index is 2.19. The quantitative estimate of drug-likeness (QED) is 0.0869. The van der Waals surface area contributed by atoms with Crippen molar-refractivity contribution >= 4 is 21.6 Å². The van der Waals surface area contributed by atoms with Gasteiger partial charge in [-0.1, -0.05) is 38.2 Å². The Kier molecular flexibility index (Phi) is 11.9. The van der Waals surface area contributed by atoms with Crippen LogP contribution in [0.5, 0.6) is 5.75 Å². The summed E-state index contributed by atoms with van der Waals surface area (Å²) in [5, 5.41) is 3.35. The zero-order valence-electron chi connectivity index (χ0n) is 23.5. The highest BCUT2D eigenvalue weighted by Gasteiger charge is 2.32. The standard InChI is InChI=1S/C27H46NO6PSi/c1-9-22-21(5)24-19-32-27(29)25(24)26(31-15-17-36(6,7)8)23(22)13-12-20(4)18-28-14-16-35(30,33-10-2)34-11-3/h12,28H,9-11,13-19H2,1-8H3/b20-12+. The van der Waals surface area contributed by atoms with E-state index >= 15 is 0 Å². The molecule has 0 amide bonds. The van der Waals surface area contributed by atoms with Crippen LogP contribution in [0.3, 0.4) is 0 Å². The molecule has 0 atom stereocenters. The molecule has 7 nitrogen and oxygen atoms in total. The van der Waals surface area contributed by atoms with Crippen LogP contribution in [0.15, 0.2) is 11.6 Å². The molecule has 0 spiro atoms. The molecule has 0 unspecified atom stereocenters. The number of allylic oxidation sites excluding steroid dienone is 1. The summed E-state index contributed by atoms with van der Waals surface area (Å²) in [6.07, 6.45) is 4.06. The Bertz CT molecular complexity index is 976. The van der Waals surface area contributed by atoms with Gasteiger partial charge in [0.2, 0.25) is 0 Å². The third kappa shape index (κ3) is 8.56. The predicted octanol–water partition coefficient (Wildman–Crippen LogP) is 6.29. The van der Waals surface area contributed by atoms with Gasteiger partial charge >= 0.3 is 13.6 Å². The molecule has 1 aliphatic rings. The van der Waals surface area contributed by atoms with E-state index in [9.17, 15) is 9.36 Å². The molecule has 1 aromatic rings. The number of carbonyl (C=O) groups excluding carboxylic acids is 1. The van der Waals surface area contributed by atoms with E-state index < -0.39 is 15.7 Å². The lowest BCUT2D eigenvalue weighted by atomic mass is 9.89. The first-order chi connectivity index (χ1) is 17.0. The molecule has 1 N–H and O–H groups in total. The number of hydrogen-bond acceptors (Lipinski definition) is 7. The molecule has 0 bridgehead atoms. The van der Waals surface area contributed by atoms with Crippen LogP contribution in [-0.2, 0) is 37.8 Å². The highest BCUT2D eigenvalue weighted by atomic mass is 31.2. The SMILES string of the molecule is CCOP(=O)(CCNC/C(C)=C/Cc1c(CC)c(C)c2c(c1OCC[Si](C)(C)C)C(=O)OC2)OCC. The third-order valence-corrected chi connectivity index (χ3v) is 10.1. The minimum atomic E-state index is -3.04. The number of fused-ring (bicyclic) bond motifs is 1. The van der Waals surface area contributed by atoms with Crippen molar-refractivity contribution in [2.75, 3.05) is 39.1 Å². The Labute approximate surface area is 218 Å². The first-order valence-corrected chi connectivity index (χ1v) is 18.6. The van der Waals surface area contributed by atoms with Crippen molar-refractivity contribution in [3.8, 4) is 5.75 Å². The maximum Gasteiger partial charge on any atom is 0.342 e. The lowest BCUT2D eigenvalue weighted by molar-refractivity contribution is 0.0532. The molecule has 0 fully saturated rings. The Morgan fingerprint density at radius 1 is 1.14 bits per heavy atom. The van der Waals surface area contributed by atoms with Crippen molar-refractivity contribution < 1.29 is 27.9 Å². The Hall–Kier alpha value is -1.44. The number of ether oxygens (including phenoxy) is 2. The van der Waals surface area contributed by atoms with Crippen molar-refractivity contribution in [1.29, 1.82) is 0 Å². The highest BCUT2D eigenvalue weighted by Crippen LogP contribution is 2.47. The van der Waals surface area contributed by atoms with Crippen LogP contribution in [0.25, 0.3) is 0 Å². The number of benzene rings is 1. The molecule has 9 heteroatoms. The molecule has 204 valence electrons. The number of cyclic esters (lactones) is 1. The second-order valence-electron chi connectivity index (χ2n) is 10.5. The largest absolute Gasteiger partial charge is 0.493 e. The molecule has 0 aliphatic carbocycles. The van der Waals surface area contributed by atoms with Crippen LogP contribution in [-0.4, -0.2) is 53.1 Å². The fraction of sp³-hybridized carbons (Fsp3) is 0.667. The topological polar surface area (TPSA) is 83.1 Å². The predicted molar refractivity (Wildman–Crippen MR) is 149 cm³/mol.